The molecule has 1 fully saturated rings. The molecule has 1 aliphatic rings. The summed E-state index contributed by atoms with van der Waals surface area (Å²) in [6, 6.07) is 4.15. The van der Waals surface area contributed by atoms with Gasteiger partial charge in [-0.1, -0.05) is 12.1 Å². The van der Waals surface area contributed by atoms with Gasteiger partial charge in [0.2, 0.25) is 5.91 Å². The summed E-state index contributed by atoms with van der Waals surface area (Å²) in [5, 5.41) is 1.70. The number of nitrogens with zero attached hydrogens (tertiary/aromatic N) is 1. The van der Waals surface area contributed by atoms with Crippen LogP contribution in [0.15, 0.2) is 12.1 Å². The minimum Gasteiger partial charge on any atom is -0.496 e. The van der Waals surface area contributed by atoms with E-state index in [1.54, 1.807) is 12.1 Å². The molecule has 1 N–H and O–H groups in total. The number of hydrogen-bond donors (Lipinski definition) is 1. The van der Waals surface area contributed by atoms with E-state index in [-0.39, 0.29) is 11.3 Å². The molecule has 1 aromatic carbocycles. The predicted molar refractivity (Wildman–Crippen MR) is 75.2 cm³/mol. The average molecular weight is 262 g/mol. The summed E-state index contributed by atoms with van der Waals surface area (Å²) in [4.78, 5) is 12.3. The van der Waals surface area contributed by atoms with Crippen molar-refractivity contribution in [3.63, 3.8) is 0 Å². The first kappa shape index (κ1) is 13.9. The normalized spacial score (nSPS) is 16.3. The molecule has 0 spiro atoms. The second kappa shape index (κ2) is 4.85. The van der Waals surface area contributed by atoms with Crippen molar-refractivity contribution in [1.82, 2.24) is 10.4 Å². The van der Waals surface area contributed by atoms with Crippen molar-refractivity contribution in [1.29, 1.82) is 0 Å². The minimum absolute atomic E-state index is 0.0847. The lowest BCUT2D eigenvalue weighted by Gasteiger charge is -2.21. The largest absolute Gasteiger partial charge is 0.496 e. The third-order valence-electron chi connectivity index (χ3n) is 3.73. The van der Waals surface area contributed by atoms with Crippen LogP contribution in [0.3, 0.4) is 0 Å². The molecule has 0 heterocycles. The number of amides is 1. The van der Waals surface area contributed by atoms with Crippen molar-refractivity contribution in [2.75, 3.05) is 21.2 Å². The summed E-state index contributed by atoms with van der Waals surface area (Å²) >= 11 is 0. The molecule has 0 aromatic heterocycles. The fraction of sp³-hybridized carbons (Fsp3) is 0.533. The van der Waals surface area contributed by atoms with E-state index >= 15 is 0 Å². The van der Waals surface area contributed by atoms with Crippen molar-refractivity contribution in [3.05, 3.63) is 28.8 Å². The minimum atomic E-state index is -0.341. The van der Waals surface area contributed by atoms with E-state index < -0.39 is 0 Å². The average Bonchev–Trinajstić information content (AvgIpc) is 3.08. The Morgan fingerprint density at radius 3 is 2.16 bits per heavy atom. The van der Waals surface area contributed by atoms with E-state index in [1.165, 1.54) is 0 Å². The van der Waals surface area contributed by atoms with Crippen molar-refractivity contribution in [2.45, 2.75) is 32.1 Å². The maximum Gasteiger partial charge on any atom is 0.244 e. The molecule has 1 aromatic rings. The van der Waals surface area contributed by atoms with Gasteiger partial charge in [-0.05, 0) is 43.4 Å². The topological polar surface area (TPSA) is 41.6 Å². The Bertz CT molecular complexity index is 482. The first-order valence-corrected chi connectivity index (χ1v) is 6.55. The van der Waals surface area contributed by atoms with Crippen LogP contribution >= 0.6 is 0 Å². The van der Waals surface area contributed by atoms with Crippen LogP contribution in [0.1, 0.15) is 29.5 Å². The second-order valence-electron chi connectivity index (χ2n) is 5.56. The number of aryl methyl sites for hydroxylation is 2. The van der Waals surface area contributed by atoms with Gasteiger partial charge in [-0.3, -0.25) is 10.2 Å². The lowest BCUT2D eigenvalue weighted by atomic mass is 9.91. The van der Waals surface area contributed by atoms with Gasteiger partial charge in [-0.25, -0.2) is 5.01 Å². The van der Waals surface area contributed by atoms with Crippen LogP contribution in [0.5, 0.6) is 5.75 Å². The van der Waals surface area contributed by atoms with E-state index in [2.05, 4.69) is 17.6 Å². The second-order valence-corrected chi connectivity index (χ2v) is 5.56. The summed E-state index contributed by atoms with van der Waals surface area (Å²) in [5.41, 5.74) is 5.80. The van der Waals surface area contributed by atoms with Crippen LogP contribution in [0.2, 0.25) is 0 Å². The SMILES string of the molecule is COc1c(C)cc(C2(C(=O)NN(C)C)CC2)cc1C. The molecule has 1 amide bonds. The molecule has 4 heteroatoms. The number of rotatable bonds is 4. The van der Waals surface area contributed by atoms with Gasteiger partial charge < -0.3 is 4.74 Å². The Morgan fingerprint density at radius 2 is 1.79 bits per heavy atom. The Kier molecular flexibility index (Phi) is 3.54. The number of carbonyl (C=O) groups excluding carboxylic acids is 1. The van der Waals surface area contributed by atoms with Gasteiger partial charge in [0.25, 0.3) is 0 Å². The highest BCUT2D eigenvalue weighted by atomic mass is 16.5. The highest BCUT2D eigenvalue weighted by molar-refractivity contribution is 5.91. The number of nitrogens with one attached hydrogen (secondary N) is 1. The molecule has 0 saturated heterocycles. The maximum atomic E-state index is 12.3. The summed E-state index contributed by atoms with van der Waals surface area (Å²) < 4.78 is 5.38. The molecular weight excluding hydrogens is 240 g/mol. The van der Waals surface area contributed by atoms with Gasteiger partial charge in [0.1, 0.15) is 5.75 Å². The number of methoxy groups -OCH3 is 1. The monoisotopic (exact) mass is 262 g/mol. The molecule has 0 radical (unpaired) electrons. The Hall–Kier alpha value is -1.55. The van der Waals surface area contributed by atoms with Crippen LogP contribution < -0.4 is 10.2 Å². The summed E-state index contributed by atoms with van der Waals surface area (Å²) in [7, 11) is 5.34. The van der Waals surface area contributed by atoms with Crippen LogP contribution in [0.4, 0.5) is 0 Å². The van der Waals surface area contributed by atoms with Crippen molar-refractivity contribution in [3.8, 4) is 5.75 Å². The molecule has 0 unspecified atom stereocenters. The Labute approximate surface area is 114 Å². The van der Waals surface area contributed by atoms with Gasteiger partial charge in [-0.2, -0.15) is 0 Å². The highest BCUT2D eigenvalue weighted by Gasteiger charge is 2.51. The molecule has 19 heavy (non-hydrogen) atoms. The van der Waals surface area contributed by atoms with E-state index in [0.29, 0.717) is 0 Å². The van der Waals surface area contributed by atoms with Gasteiger partial charge in [-0.15, -0.1) is 0 Å². The fourth-order valence-electron chi connectivity index (χ4n) is 2.63. The zero-order valence-electron chi connectivity index (χ0n) is 12.3. The summed E-state index contributed by atoms with van der Waals surface area (Å²) in [5.74, 6) is 0.994. The smallest absolute Gasteiger partial charge is 0.244 e. The molecule has 104 valence electrons. The third kappa shape index (κ3) is 2.45. The van der Waals surface area contributed by atoms with Crippen LogP contribution in [0, 0.1) is 13.8 Å². The molecule has 0 atom stereocenters. The maximum absolute atomic E-state index is 12.3. The standard InChI is InChI=1S/C15H22N2O2/c1-10-8-12(9-11(2)13(10)19-5)15(6-7-15)14(18)16-17(3)4/h8-9H,6-7H2,1-5H3,(H,16,18). The quantitative estimate of drug-likeness (QED) is 0.843. The number of ether oxygens (including phenoxy) is 1. The van der Waals surface area contributed by atoms with Crippen LogP contribution in [0.25, 0.3) is 0 Å². The van der Waals surface area contributed by atoms with Crippen molar-refractivity contribution >= 4 is 5.91 Å². The molecule has 0 aliphatic heterocycles. The third-order valence-corrected chi connectivity index (χ3v) is 3.73. The zero-order valence-corrected chi connectivity index (χ0v) is 12.3. The molecule has 2 rings (SSSR count). The highest BCUT2D eigenvalue weighted by Crippen LogP contribution is 2.49. The lowest BCUT2D eigenvalue weighted by Crippen LogP contribution is -2.42. The number of hydrazine groups is 1. The lowest BCUT2D eigenvalue weighted by molar-refractivity contribution is -0.127. The molecule has 4 nitrogen and oxygen atoms in total. The molecule has 1 saturated carbocycles. The first-order valence-electron chi connectivity index (χ1n) is 6.55. The Morgan fingerprint density at radius 1 is 1.26 bits per heavy atom. The summed E-state index contributed by atoms with van der Waals surface area (Å²) in [6.07, 6.45) is 1.83. The summed E-state index contributed by atoms with van der Waals surface area (Å²) in [6.45, 7) is 4.05. The van der Waals surface area contributed by atoms with Gasteiger partial charge in [0.05, 0.1) is 12.5 Å². The van der Waals surface area contributed by atoms with Crippen LogP contribution in [-0.4, -0.2) is 32.1 Å². The molecule has 1 aliphatic carbocycles. The Balaban J connectivity index is 2.34. The van der Waals surface area contributed by atoms with E-state index in [9.17, 15) is 4.79 Å². The van der Waals surface area contributed by atoms with E-state index in [0.717, 1.165) is 35.3 Å². The van der Waals surface area contributed by atoms with E-state index in [1.807, 2.05) is 27.9 Å². The van der Waals surface area contributed by atoms with Gasteiger partial charge in [0.15, 0.2) is 0 Å². The predicted octanol–water partition coefficient (Wildman–Crippen LogP) is 1.94. The van der Waals surface area contributed by atoms with Gasteiger partial charge in [0, 0.05) is 14.1 Å². The van der Waals surface area contributed by atoms with Crippen molar-refractivity contribution < 1.29 is 9.53 Å². The fourth-order valence-corrected chi connectivity index (χ4v) is 2.63. The van der Waals surface area contributed by atoms with Crippen molar-refractivity contribution in [2.24, 2.45) is 0 Å². The molecular formula is C15H22N2O2. The number of carbonyl (C=O) groups is 1. The van der Waals surface area contributed by atoms with Crippen LogP contribution in [-0.2, 0) is 10.2 Å². The van der Waals surface area contributed by atoms with Gasteiger partial charge >= 0.3 is 0 Å². The first-order chi connectivity index (χ1) is 8.90. The van der Waals surface area contributed by atoms with E-state index in [4.69, 9.17) is 4.74 Å². The number of benzene rings is 1. The molecule has 0 bridgehead atoms. The zero-order chi connectivity index (χ0) is 14.2. The number of hydrogen-bond acceptors (Lipinski definition) is 3.